The Hall–Kier alpha value is -3.83. The molecule has 0 spiro atoms. The Bertz CT molecular complexity index is 1320. The number of para-hydroxylation sites is 1. The van der Waals surface area contributed by atoms with Gasteiger partial charge in [0.15, 0.2) is 0 Å². The molecule has 1 amide bonds. The number of benzene rings is 2. The number of aromatic nitrogens is 2. The number of carboxylic acid groups (broad SMARTS) is 1. The molecule has 11 heteroatoms. The van der Waals surface area contributed by atoms with Crippen LogP contribution in [0.2, 0.25) is 0 Å². The molecule has 1 saturated heterocycles. The summed E-state index contributed by atoms with van der Waals surface area (Å²) in [6, 6.07) is 15.5. The molecule has 0 saturated carbocycles. The minimum Gasteiger partial charge on any atom is -0.481 e. The maximum atomic E-state index is 12.9. The molecule has 1 aliphatic rings. The number of aliphatic carboxylic acids is 1. The van der Waals surface area contributed by atoms with Gasteiger partial charge in [0.1, 0.15) is 10.0 Å². The van der Waals surface area contributed by atoms with Crippen LogP contribution in [0.1, 0.15) is 18.4 Å². The monoisotopic (exact) mass is 494 g/mol. The molecule has 1 fully saturated rings. The van der Waals surface area contributed by atoms with Gasteiger partial charge in [-0.15, -0.1) is 0 Å². The van der Waals surface area contributed by atoms with E-state index >= 15 is 0 Å². The maximum absolute atomic E-state index is 12.9. The lowest BCUT2D eigenvalue weighted by atomic mass is 10.1. The SMILES string of the molecule is O=C(O)CCCN1C(=O)/C(=C/c2cn(-c3ccccc3)nc2-c2cccc([N+](=O)[O-])c2)SC1=S. The normalized spacial score (nSPS) is 14.7. The predicted molar refractivity (Wildman–Crippen MR) is 132 cm³/mol. The number of amides is 1. The van der Waals surface area contributed by atoms with Crippen LogP contribution in [0.3, 0.4) is 0 Å². The van der Waals surface area contributed by atoms with Crippen LogP contribution in [0.5, 0.6) is 0 Å². The van der Waals surface area contributed by atoms with Gasteiger partial charge in [-0.25, -0.2) is 4.68 Å². The first-order chi connectivity index (χ1) is 16.3. The van der Waals surface area contributed by atoms with E-state index in [1.807, 2.05) is 30.3 Å². The largest absolute Gasteiger partial charge is 0.481 e. The van der Waals surface area contributed by atoms with E-state index in [4.69, 9.17) is 17.3 Å². The third kappa shape index (κ3) is 5.05. The van der Waals surface area contributed by atoms with Crippen molar-refractivity contribution in [3.63, 3.8) is 0 Å². The molecular formula is C23H18N4O5S2. The second kappa shape index (κ2) is 9.98. The zero-order valence-electron chi connectivity index (χ0n) is 17.7. The number of nitro groups is 1. The van der Waals surface area contributed by atoms with Crippen molar-refractivity contribution in [1.29, 1.82) is 0 Å². The number of carbonyl (C=O) groups is 2. The third-order valence-electron chi connectivity index (χ3n) is 5.03. The summed E-state index contributed by atoms with van der Waals surface area (Å²) in [6.45, 7) is 0.218. The summed E-state index contributed by atoms with van der Waals surface area (Å²) < 4.78 is 2.00. The van der Waals surface area contributed by atoms with Gasteiger partial charge in [-0.2, -0.15) is 5.10 Å². The second-order valence-electron chi connectivity index (χ2n) is 7.35. The second-order valence-corrected chi connectivity index (χ2v) is 9.03. The molecule has 172 valence electrons. The zero-order valence-corrected chi connectivity index (χ0v) is 19.3. The number of hydrogen-bond acceptors (Lipinski definition) is 7. The van der Waals surface area contributed by atoms with E-state index in [0.29, 0.717) is 32.5 Å². The van der Waals surface area contributed by atoms with Crippen LogP contribution in [0.25, 0.3) is 23.0 Å². The first kappa shape index (κ1) is 23.3. The van der Waals surface area contributed by atoms with Crippen LogP contribution >= 0.6 is 24.0 Å². The number of thioether (sulfide) groups is 1. The summed E-state index contributed by atoms with van der Waals surface area (Å²) in [4.78, 5) is 36.3. The molecule has 0 aliphatic carbocycles. The molecule has 0 bridgehead atoms. The van der Waals surface area contributed by atoms with E-state index in [-0.39, 0.29) is 24.6 Å². The summed E-state index contributed by atoms with van der Waals surface area (Å²) in [6.07, 6.45) is 3.65. The lowest BCUT2D eigenvalue weighted by Gasteiger charge is -2.13. The number of nitrogens with zero attached hydrogens (tertiary/aromatic N) is 4. The quantitative estimate of drug-likeness (QED) is 0.210. The minimum atomic E-state index is -0.934. The van der Waals surface area contributed by atoms with Gasteiger partial charge in [-0.3, -0.25) is 24.6 Å². The Balaban J connectivity index is 1.73. The molecule has 1 N–H and O–H groups in total. The van der Waals surface area contributed by atoms with Crippen molar-refractivity contribution in [2.24, 2.45) is 0 Å². The molecular weight excluding hydrogens is 476 g/mol. The van der Waals surface area contributed by atoms with Crippen molar-refractivity contribution in [2.45, 2.75) is 12.8 Å². The molecule has 3 aromatic rings. The van der Waals surface area contributed by atoms with Crippen LogP contribution in [-0.2, 0) is 9.59 Å². The molecule has 0 atom stereocenters. The van der Waals surface area contributed by atoms with E-state index in [9.17, 15) is 19.7 Å². The summed E-state index contributed by atoms with van der Waals surface area (Å²) in [5.74, 6) is -1.24. The molecule has 0 radical (unpaired) electrons. The highest BCUT2D eigenvalue weighted by Crippen LogP contribution is 2.35. The highest BCUT2D eigenvalue weighted by molar-refractivity contribution is 8.26. The molecule has 1 aliphatic heterocycles. The molecule has 4 rings (SSSR count). The van der Waals surface area contributed by atoms with Crippen LogP contribution in [0, 0.1) is 10.1 Å². The Morgan fingerprint density at radius 3 is 2.68 bits per heavy atom. The fourth-order valence-corrected chi connectivity index (χ4v) is 4.72. The van der Waals surface area contributed by atoms with E-state index in [1.54, 1.807) is 29.1 Å². The van der Waals surface area contributed by atoms with Crippen LogP contribution in [0.15, 0.2) is 65.7 Å². The summed E-state index contributed by atoms with van der Waals surface area (Å²) in [5.41, 5.74) is 2.32. The number of rotatable bonds is 8. The zero-order chi connectivity index (χ0) is 24.2. The maximum Gasteiger partial charge on any atom is 0.303 e. The highest BCUT2D eigenvalue weighted by atomic mass is 32.2. The van der Waals surface area contributed by atoms with Crippen LogP contribution in [0.4, 0.5) is 5.69 Å². The number of carboxylic acids is 1. The molecule has 1 aromatic heterocycles. The summed E-state index contributed by atoms with van der Waals surface area (Å²) >= 11 is 6.46. The van der Waals surface area contributed by atoms with Crippen molar-refractivity contribution in [1.82, 2.24) is 14.7 Å². The minimum absolute atomic E-state index is 0.0586. The molecule has 0 unspecified atom stereocenters. The molecule has 2 aromatic carbocycles. The molecule has 2 heterocycles. The fourth-order valence-electron chi connectivity index (χ4n) is 3.42. The Morgan fingerprint density at radius 1 is 1.21 bits per heavy atom. The van der Waals surface area contributed by atoms with Gasteiger partial charge >= 0.3 is 5.97 Å². The van der Waals surface area contributed by atoms with Gasteiger partial charge in [0.25, 0.3) is 11.6 Å². The lowest BCUT2D eigenvalue weighted by molar-refractivity contribution is -0.384. The Labute approximate surface area is 203 Å². The van der Waals surface area contributed by atoms with Crippen molar-refractivity contribution in [2.75, 3.05) is 6.54 Å². The Kier molecular flexibility index (Phi) is 6.85. The van der Waals surface area contributed by atoms with Gasteiger partial charge in [0.05, 0.1) is 15.5 Å². The number of hydrogen-bond donors (Lipinski definition) is 1. The summed E-state index contributed by atoms with van der Waals surface area (Å²) in [7, 11) is 0. The lowest BCUT2D eigenvalue weighted by Crippen LogP contribution is -2.29. The highest BCUT2D eigenvalue weighted by Gasteiger charge is 2.32. The number of thiocarbonyl (C=S) groups is 1. The van der Waals surface area contributed by atoms with Crippen LogP contribution in [-0.4, -0.2) is 47.5 Å². The average Bonchev–Trinajstić information content (AvgIpc) is 3.36. The van der Waals surface area contributed by atoms with Gasteiger partial charge in [0, 0.05) is 42.4 Å². The number of non-ortho nitro benzene ring substituents is 1. The van der Waals surface area contributed by atoms with E-state index in [0.717, 1.165) is 17.4 Å². The smallest absolute Gasteiger partial charge is 0.303 e. The summed E-state index contributed by atoms with van der Waals surface area (Å²) in [5, 5.41) is 24.8. The van der Waals surface area contributed by atoms with Gasteiger partial charge in [-0.1, -0.05) is 54.3 Å². The molecule has 34 heavy (non-hydrogen) atoms. The first-order valence-electron chi connectivity index (χ1n) is 10.2. The standard InChI is InChI=1S/C23H18N4O5S2/c28-20(29)10-5-11-25-22(30)19(34-23(25)33)13-16-14-26(17-7-2-1-3-8-17)24-21(16)15-6-4-9-18(12-15)27(31)32/h1-4,6-9,12-14H,5,10-11H2,(H,28,29)/b19-13-. The number of nitro benzene ring substituents is 1. The molecule has 9 nitrogen and oxygen atoms in total. The van der Waals surface area contributed by atoms with E-state index in [2.05, 4.69) is 5.10 Å². The number of carbonyl (C=O) groups excluding carboxylic acids is 1. The fraction of sp³-hybridized carbons (Fsp3) is 0.130. The first-order valence-corrected chi connectivity index (χ1v) is 11.4. The average molecular weight is 495 g/mol. The topological polar surface area (TPSA) is 119 Å². The van der Waals surface area contributed by atoms with Gasteiger partial charge < -0.3 is 5.11 Å². The van der Waals surface area contributed by atoms with Crippen LogP contribution < -0.4 is 0 Å². The third-order valence-corrected chi connectivity index (χ3v) is 6.40. The van der Waals surface area contributed by atoms with Crippen molar-refractivity contribution >= 4 is 51.9 Å². The van der Waals surface area contributed by atoms with E-state index < -0.39 is 10.9 Å². The Morgan fingerprint density at radius 2 is 1.97 bits per heavy atom. The van der Waals surface area contributed by atoms with Gasteiger partial charge in [-0.05, 0) is 24.6 Å². The van der Waals surface area contributed by atoms with Crippen molar-refractivity contribution in [3.05, 3.63) is 81.4 Å². The van der Waals surface area contributed by atoms with E-state index in [1.165, 1.54) is 17.0 Å². The van der Waals surface area contributed by atoms with Crippen molar-refractivity contribution in [3.8, 4) is 16.9 Å². The predicted octanol–water partition coefficient (Wildman–Crippen LogP) is 4.51. The van der Waals surface area contributed by atoms with Gasteiger partial charge in [0.2, 0.25) is 0 Å². The van der Waals surface area contributed by atoms with Crippen molar-refractivity contribution < 1.29 is 19.6 Å².